The number of carbonyl (C=O) groups is 1. The third kappa shape index (κ3) is 11.3. The minimum atomic E-state index is -0.900. The lowest BCUT2D eigenvalue weighted by atomic mass is 9.71. The van der Waals surface area contributed by atoms with E-state index in [0.29, 0.717) is 18.4 Å². The maximum Gasteiger partial charge on any atom is 0.187 e. The van der Waals surface area contributed by atoms with Crippen LogP contribution in [-0.4, -0.2) is 28.2 Å². The third-order valence-electron chi connectivity index (χ3n) is 8.05. The zero-order chi connectivity index (χ0) is 32.4. The Morgan fingerprint density at radius 3 is 1.88 bits per heavy atom. The van der Waals surface area contributed by atoms with Crippen molar-refractivity contribution in [1.29, 1.82) is 0 Å². The average molecular weight is 581 g/mol. The van der Waals surface area contributed by atoms with E-state index in [-0.39, 0.29) is 22.7 Å². The SMILES string of the molecule is CC1=C(C#C\C(C)=C/C=C/C(C)=C/C=C/C=C(C)/C=C/C=C(C)/C=C/C2=C(C)C(=O)[C@@H](O)CC2(C)C)C(C)(C)C[C@H](O)C1. The summed E-state index contributed by atoms with van der Waals surface area (Å²) in [5.41, 5.74) is 8.03. The summed E-state index contributed by atoms with van der Waals surface area (Å²) in [7, 11) is 0. The van der Waals surface area contributed by atoms with E-state index in [4.69, 9.17) is 0 Å². The Hall–Kier alpha value is -3.45. The lowest BCUT2D eigenvalue weighted by molar-refractivity contribution is -0.125. The summed E-state index contributed by atoms with van der Waals surface area (Å²) in [5, 5.41) is 20.1. The van der Waals surface area contributed by atoms with Gasteiger partial charge in [0.15, 0.2) is 5.78 Å². The van der Waals surface area contributed by atoms with Gasteiger partial charge < -0.3 is 10.2 Å². The first kappa shape index (κ1) is 35.7. The van der Waals surface area contributed by atoms with Crippen molar-refractivity contribution in [2.75, 3.05) is 0 Å². The Morgan fingerprint density at radius 1 is 0.767 bits per heavy atom. The first-order valence-corrected chi connectivity index (χ1v) is 15.3. The van der Waals surface area contributed by atoms with Gasteiger partial charge in [-0.25, -0.2) is 0 Å². The molecule has 0 radical (unpaired) electrons. The van der Waals surface area contributed by atoms with E-state index < -0.39 is 6.10 Å². The summed E-state index contributed by atoms with van der Waals surface area (Å²) in [6.45, 7) is 20.5. The second kappa shape index (κ2) is 15.9. The highest BCUT2D eigenvalue weighted by Crippen LogP contribution is 2.40. The van der Waals surface area contributed by atoms with Crippen molar-refractivity contribution in [3.05, 3.63) is 117 Å². The molecule has 0 aliphatic heterocycles. The quantitative estimate of drug-likeness (QED) is 0.222. The second-order valence-corrected chi connectivity index (χ2v) is 13.4. The zero-order valence-electron chi connectivity index (χ0n) is 28.0. The van der Waals surface area contributed by atoms with Crippen LogP contribution in [0.25, 0.3) is 0 Å². The predicted octanol–water partition coefficient (Wildman–Crippen LogP) is 9.17. The molecule has 0 bridgehead atoms. The monoisotopic (exact) mass is 580 g/mol. The fourth-order valence-corrected chi connectivity index (χ4v) is 5.69. The van der Waals surface area contributed by atoms with Gasteiger partial charge in [0, 0.05) is 11.0 Å². The normalized spacial score (nSPS) is 24.2. The number of hydrogen-bond donors (Lipinski definition) is 2. The Morgan fingerprint density at radius 2 is 1.30 bits per heavy atom. The molecular formula is C40H52O3. The van der Waals surface area contributed by atoms with Crippen LogP contribution in [0.2, 0.25) is 0 Å². The highest BCUT2D eigenvalue weighted by Gasteiger charge is 2.36. The van der Waals surface area contributed by atoms with Crippen LogP contribution in [-0.2, 0) is 4.79 Å². The molecule has 2 rings (SSSR count). The molecule has 0 aromatic heterocycles. The van der Waals surface area contributed by atoms with Crippen molar-refractivity contribution in [2.45, 2.75) is 101 Å². The van der Waals surface area contributed by atoms with Crippen molar-refractivity contribution in [3.63, 3.8) is 0 Å². The topological polar surface area (TPSA) is 57.5 Å². The molecule has 0 unspecified atom stereocenters. The first-order valence-electron chi connectivity index (χ1n) is 15.3. The summed E-state index contributed by atoms with van der Waals surface area (Å²) in [6, 6.07) is 0. The first-order chi connectivity index (χ1) is 20.0. The summed E-state index contributed by atoms with van der Waals surface area (Å²) in [5.74, 6) is 6.49. The molecule has 43 heavy (non-hydrogen) atoms. The van der Waals surface area contributed by atoms with Crippen molar-refractivity contribution in [1.82, 2.24) is 0 Å². The number of carbonyl (C=O) groups excluding carboxylic acids is 1. The highest BCUT2D eigenvalue weighted by atomic mass is 16.3. The molecule has 0 saturated heterocycles. The number of ketones is 1. The highest BCUT2D eigenvalue weighted by molar-refractivity contribution is 6.00. The smallest absolute Gasteiger partial charge is 0.187 e. The maximum atomic E-state index is 12.2. The van der Waals surface area contributed by atoms with Crippen molar-refractivity contribution < 1.29 is 15.0 Å². The van der Waals surface area contributed by atoms with Crippen LogP contribution >= 0.6 is 0 Å². The number of rotatable bonds is 8. The Kier molecular flexibility index (Phi) is 13.2. The van der Waals surface area contributed by atoms with Gasteiger partial charge in [-0.3, -0.25) is 4.79 Å². The summed E-state index contributed by atoms with van der Waals surface area (Å²) < 4.78 is 0. The Balaban J connectivity index is 1.94. The average Bonchev–Trinajstić information content (AvgIpc) is 2.88. The summed E-state index contributed by atoms with van der Waals surface area (Å²) in [4.78, 5) is 12.2. The van der Waals surface area contributed by atoms with Crippen LogP contribution in [0.3, 0.4) is 0 Å². The van der Waals surface area contributed by atoms with E-state index in [1.54, 1.807) is 6.92 Å². The number of hydrogen-bond acceptors (Lipinski definition) is 3. The van der Waals surface area contributed by atoms with Crippen LogP contribution in [0.5, 0.6) is 0 Å². The van der Waals surface area contributed by atoms with Gasteiger partial charge in [0.1, 0.15) is 6.10 Å². The van der Waals surface area contributed by atoms with Crippen LogP contribution in [0, 0.1) is 22.7 Å². The summed E-state index contributed by atoms with van der Waals surface area (Å²) >= 11 is 0. The van der Waals surface area contributed by atoms with E-state index >= 15 is 0 Å². The minimum absolute atomic E-state index is 0.0916. The van der Waals surface area contributed by atoms with E-state index in [1.807, 2.05) is 62.5 Å². The van der Waals surface area contributed by atoms with Gasteiger partial charge in [-0.05, 0) is 82.9 Å². The van der Waals surface area contributed by atoms with Gasteiger partial charge in [-0.15, -0.1) is 0 Å². The standard InChI is InChI=1S/C40H52O3/c1-28(17-13-19-30(3)21-23-35-32(5)25-34(41)26-39(35,7)8)15-11-12-16-29(2)18-14-20-31(4)22-24-36-33(6)38(43)37(42)27-40(36,9)10/h11-20,22,24,34,37,41-42H,25-27H2,1-10H3/b12-11+,17-13+,18-14+,24-22+,28-15+,29-16+,30-19-,31-20+/t34-,37+/m1/s1. The van der Waals surface area contributed by atoms with Crippen LogP contribution in [0.1, 0.15) is 88.5 Å². The molecule has 0 aromatic rings. The van der Waals surface area contributed by atoms with Crippen LogP contribution < -0.4 is 0 Å². The van der Waals surface area contributed by atoms with Crippen molar-refractivity contribution >= 4 is 5.78 Å². The summed E-state index contributed by atoms with van der Waals surface area (Å²) in [6.07, 6.45) is 25.3. The van der Waals surface area contributed by atoms with Gasteiger partial charge in [-0.2, -0.15) is 0 Å². The van der Waals surface area contributed by atoms with E-state index in [1.165, 1.54) is 5.57 Å². The number of allylic oxidation sites excluding steroid dienone is 18. The van der Waals surface area contributed by atoms with E-state index in [2.05, 4.69) is 84.6 Å². The van der Waals surface area contributed by atoms with Crippen molar-refractivity contribution in [3.8, 4) is 11.8 Å². The molecule has 3 nitrogen and oxygen atoms in total. The molecule has 0 saturated carbocycles. The zero-order valence-corrected chi connectivity index (χ0v) is 28.0. The largest absolute Gasteiger partial charge is 0.393 e. The molecular weight excluding hydrogens is 528 g/mol. The van der Waals surface area contributed by atoms with Gasteiger partial charge >= 0.3 is 0 Å². The lowest BCUT2D eigenvalue weighted by Crippen LogP contribution is -2.35. The molecule has 0 amide bonds. The maximum absolute atomic E-state index is 12.2. The minimum Gasteiger partial charge on any atom is -0.393 e. The number of aliphatic hydroxyl groups is 2. The molecule has 0 fully saturated rings. The Labute approximate surface area is 261 Å². The van der Waals surface area contributed by atoms with Crippen LogP contribution in [0.15, 0.2) is 117 Å². The van der Waals surface area contributed by atoms with Gasteiger partial charge in [0.25, 0.3) is 0 Å². The van der Waals surface area contributed by atoms with E-state index in [9.17, 15) is 15.0 Å². The Bertz CT molecular complexity index is 1430. The van der Waals surface area contributed by atoms with Crippen LogP contribution in [0.4, 0.5) is 0 Å². The fourth-order valence-electron chi connectivity index (χ4n) is 5.69. The molecule has 0 heterocycles. The fraction of sp³-hybridized carbons (Fsp3) is 0.425. The second-order valence-electron chi connectivity index (χ2n) is 13.4. The van der Waals surface area contributed by atoms with Gasteiger partial charge in [0.2, 0.25) is 0 Å². The number of aliphatic hydroxyl groups excluding tert-OH is 2. The number of Topliss-reactive ketones (excluding diaryl/α,β-unsaturated/α-hetero) is 1. The third-order valence-corrected chi connectivity index (χ3v) is 8.05. The van der Waals surface area contributed by atoms with Gasteiger partial charge in [0.05, 0.1) is 6.10 Å². The predicted molar refractivity (Wildman–Crippen MR) is 183 cm³/mol. The molecule has 2 atom stereocenters. The van der Waals surface area contributed by atoms with Crippen molar-refractivity contribution in [2.24, 2.45) is 10.8 Å². The lowest BCUT2D eigenvalue weighted by Gasteiger charge is -2.34. The molecule has 2 aliphatic rings. The molecule has 0 spiro atoms. The van der Waals surface area contributed by atoms with E-state index in [0.717, 1.165) is 39.9 Å². The van der Waals surface area contributed by atoms with Gasteiger partial charge in [-0.1, -0.05) is 135 Å². The molecule has 230 valence electrons. The molecule has 0 aromatic carbocycles. The molecule has 3 heteroatoms. The molecule has 2 aliphatic carbocycles. The molecule has 2 N–H and O–H groups in total.